The number of thiophene rings is 1. The van der Waals surface area contributed by atoms with Gasteiger partial charge >= 0.3 is 0 Å². The van der Waals surface area contributed by atoms with Gasteiger partial charge in [0.05, 0.1) is 36.7 Å². The molecule has 1 saturated heterocycles. The largest absolute Gasteiger partial charge is 0.327 e. The van der Waals surface area contributed by atoms with Crippen molar-refractivity contribution in [2.75, 3.05) is 26.2 Å². The van der Waals surface area contributed by atoms with E-state index < -0.39 is 0 Å². The summed E-state index contributed by atoms with van der Waals surface area (Å²) < 4.78 is 5.05. The highest BCUT2D eigenvalue weighted by Crippen LogP contribution is 2.18. The van der Waals surface area contributed by atoms with Crippen molar-refractivity contribution in [1.82, 2.24) is 14.0 Å². The van der Waals surface area contributed by atoms with E-state index in [2.05, 4.69) is 53.6 Å². The number of benzene rings is 1. The van der Waals surface area contributed by atoms with Crippen LogP contribution in [0.25, 0.3) is 5.69 Å². The third kappa shape index (κ3) is 3.70. The van der Waals surface area contributed by atoms with Gasteiger partial charge in [0, 0.05) is 12.4 Å². The lowest BCUT2D eigenvalue weighted by Crippen LogP contribution is -3.14. The zero-order valence-electron chi connectivity index (χ0n) is 16.2. The van der Waals surface area contributed by atoms with Crippen LogP contribution in [0.15, 0.2) is 48.1 Å². The molecule has 0 spiro atoms. The molecule has 0 radical (unpaired) electrons. The van der Waals surface area contributed by atoms with Crippen molar-refractivity contribution >= 4 is 29.5 Å². The number of aryl methyl sites for hydroxylation is 1. The van der Waals surface area contributed by atoms with Crippen molar-refractivity contribution in [1.29, 1.82) is 0 Å². The topological polar surface area (TPSA) is 34.6 Å². The minimum absolute atomic E-state index is 0.159. The number of rotatable bonds is 4. The van der Waals surface area contributed by atoms with E-state index in [0.717, 1.165) is 48.2 Å². The number of aromatic nitrogens is 2. The summed E-state index contributed by atoms with van der Waals surface area (Å²) >= 11 is 7.26. The van der Waals surface area contributed by atoms with Gasteiger partial charge in [-0.2, -0.15) is 0 Å². The molecule has 1 aliphatic rings. The number of imidazole rings is 1. The minimum atomic E-state index is 0.159. The smallest absolute Gasteiger partial charge is 0.264 e. The number of hydrogen-bond acceptors (Lipinski definition) is 3. The van der Waals surface area contributed by atoms with Crippen LogP contribution in [0.5, 0.6) is 0 Å². The molecule has 1 amide bonds. The molecule has 1 aromatic carbocycles. The Morgan fingerprint density at radius 1 is 1.14 bits per heavy atom. The van der Waals surface area contributed by atoms with Gasteiger partial charge in [0.15, 0.2) is 11.4 Å². The van der Waals surface area contributed by atoms with Gasteiger partial charge in [-0.1, -0.05) is 18.2 Å². The van der Waals surface area contributed by atoms with E-state index in [1.54, 1.807) is 0 Å². The first-order valence-corrected chi connectivity index (χ1v) is 10.8. The van der Waals surface area contributed by atoms with Gasteiger partial charge in [-0.05, 0) is 54.7 Å². The molecule has 3 aromatic rings. The molecule has 0 aliphatic carbocycles. The summed E-state index contributed by atoms with van der Waals surface area (Å²) in [5.74, 6) is 0.159. The van der Waals surface area contributed by atoms with E-state index in [9.17, 15) is 4.79 Å². The van der Waals surface area contributed by atoms with Crippen LogP contribution < -0.4 is 4.90 Å². The summed E-state index contributed by atoms with van der Waals surface area (Å²) in [5.41, 5.74) is 3.67. The Morgan fingerprint density at radius 3 is 2.64 bits per heavy atom. The first kappa shape index (κ1) is 19.1. The van der Waals surface area contributed by atoms with Crippen molar-refractivity contribution in [3.63, 3.8) is 0 Å². The molecule has 1 aliphatic heterocycles. The Hall–Kier alpha value is -2.22. The number of nitrogens with one attached hydrogen (secondary N) is 1. The highest BCUT2D eigenvalue weighted by atomic mass is 32.1. The molecule has 3 heterocycles. The minimum Gasteiger partial charge on any atom is -0.327 e. The molecule has 28 heavy (non-hydrogen) atoms. The Labute approximate surface area is 174 Å². The van der Waals surface area contributed by atoms with Gasteiger partial charge in [-0.25, -0.2) is 0 Å². The maximum absolute atomic E-state index is 12.5. The van der Waals surface area contributed by atoms with Crippen LogP contribution >= 0.6 is 23.6 Å². The monoisotopic (exact) mass is 413 g/mol. The number of carbonyl (C=O) groups excluding carboxylic acids is 1. The van der Waals surface area contributed by atoms with Crippen molar-refractivity contribution in [3.05, 3.63) is 68.9 Å². The highest BCUT2D eigenvalue weighted by Gasteiger charge is 2.25. The van der Waals surface area contributed by atoms with Crippen LogP contribution in [0.1, 0.15) is 20.8 Å². The molecule has 4 rings (SSSR count). The Kier molecular flexibility index (Phi) is 5.48. The van der Waals surface area contributed by atoms with E-state index in [1.807, 2.05) is 22.4 Å². The van der Waals surface area contributed by atoms with Gasteiger partial charge < -0.3 is 9.80 Å². The lowest BCUT2D eigenvalue weighted by atomic mass is 10.1. The molecule has 7 heteroatoms. The molecule has 0 saturated carbocycles. The molecule has 0 bridgehead atoms. The van der Waals surface area contributed by atoms with E-state index >= 15 is 0 Å². The van der Waals surface area contributed by atoms with E-state index in [1.165, 1.54) is 27.4 Å². The molecule has 2 aromatic heterocycles. The Bertz CT molecular complexity index is 1030. The Balaban J connectivity index is 1.42. The van der Waals surface area contributed by atoms with Crippen molar-refractivity contribution in [2.45, 2.75) is 20.5 Å². The van der Waals surface area contributed by atoms with E-state index in [0.29, 0.717) is 0 Å². The summed E-state index contributed by atoms with van der Waals surface area (Å²) in [6.45, 7) is 8.55. The second-order valence-corrected chi connectivity index (χ2v) is 8.63. The number of nitrogens with zero attached hydrogens (tertiary/aromatic N) is 3. The number of carbonyl (C=O) groups is 1. The fraction of sp³-hybridized carbons (Fsp3) is 0.333. The lowest BCUT2D eigenvalue weighted by Gasteiger charge is -2.32. The van der Waals surface area contributed by atoms with Crippen LogP contribution in [-0.4, -0.2) is 46.1 Å². The molecular formula is C21H25N4OS2+. The third-order valence-corrected chi connectivity index (χ3v) is 6.86. The first-order chi connectivity index (χ1) is 13.5. The molecule has 5 nitrogen and oxygen atoms in total. The summed E-state index contributed by atoms with van der Waals surface area (Å²) in [7, 11) is 0. The maximum Gasteiger partial charge on any atom is 0.264 e. The SMILES string of the molecule is Cc1cccc(-n2ccn(C[NH+]3CCN(C(=O)c4cccs4)CC3)c2=S)c1C. The predicted octanol–water partition coefficient (Wildman–Crippen LogP) is 2.69. The van der Waals surface area contributed by atoms with E-state index in [4.69, 9.17) is 12.2 Å². The van der Waals surface area contributed by atoms with E-state index in [-0.39, 0.29) is 5.91 Å². The first-order valence-electron chi connectivity index (χ1n) is 9.55. The fourth-order valence-corrected chi connectivity index (χ4v) is 4.67. The molecule has 0 unspecified atom stereocenters. The van der Waals surface area contributed by atoms with Crippen molar-refractivity contribution in [2.24, 2.45) is 0 Å². The van der Waals surface area contributed by atoms with Crippen molar-refractivity contribution < 1.29 is 9.69 Å². The van der Waals surface area contributed by atoms with Gasteiger partial charge in [0.25, 0.3) is 5.91 Å². The summed E-state index contributed by atoms with van der Waals surface area (Å²) in [5, 5.41) is 1.96. The van der Waals surface area contributed by atoms with Crippen LogP contribution in [0.3, 0.4) is 0 Å². The summed E-state index contributed by atoms with van der Waals surface area (Å²) in [6, 6.07) is 10.2. The van der Waals surface area contributed by atoms with Gasteiger partial charge in [-0.15, -0.1) is 11.3 Å². The summed E-state index contributed by atoms with van der Waals surface area (Å²) in [4.78, 5) is 16.7. The van der Waals surface area contributed by atoms with Crippen LogP contribution in [0.2, 0.25) is 0 Å². The second-order valence-electron chi connectivity index (χ2n) is 7.32. The quantitative estimate of drug-likeness (QED) is 0.668. The highest BCUT2D eigenvalue weighted by molar-refractivity contribution is 7.71. The molecular weight excluding hydrogens is 388 g/mol. The normalized spacial score (nSPS) is 15.1. The zero-order chi connectivity index (χ0) is 19.7. The Morgan fingerprint density at radius 2 is 1.93 bits per heavy atom. The second kappa shape index (κ2) is 8.03. The third-order valence-electron chi connectivity index (χ3n) is 5.57. The number of amides is 1. The van der Waals surface area contributed by atoms with Gasteiger partial charge in [0.2, 0.25) is 0 Å². The maximum atomic E-state index is 12.5. The van der Waals surface area contributed by atoms with Crippen LogP contribution in [0, 0.1) is 18.6 Å². The molecule has 0 atom stereocenters. The average molecular weight is 414 g/mol. The average Bonchev–Trinajstić information content (AvgIpc) is 3.35. The van der Waals surface area contributed by atoms with Gasteiger partial charge in [-0.3, -0.25) is 13.9 Å². The van der Waals surface area contributed by atoms with Crippen molar-refractivity contribution in [3.8, 4) is 5.69 Å². The summed E-state index contributed by atoms with van der Waals surface area (Å²) in [6.07, 6.45) is 4.13. The predicted molar refractivity (Wildman–Crippen MR) is 115 cm³/mol. The zero-order valence-corrected chi connectivity index (χ0v) is 17.9. The lowest BCUT2D eigenvalue weighted by molar-refractivity contribution is -0.926. The number of piperazine rings is 1. The number of quaternary nitrogens is 1. The number of hydrogen-bond donors (Lipinski definition) is 1. The van der Waals surface area contributed by atoms with Crippen LogP contribution in [0.4, 0.5) is 0 Å². The molecule has 1 fully saturated rings. The molecule has 1 N–H and O–H groups in total. The fourth-order valence-electron chi connectivity index (χ4n) is 3.69. The molecule has 146 valence electrons. The van der Waals surface area contributed by atoms with Gasteiger partial charge in [0.1, 0.15) is 0 Å². The standard InChI is InChI=1S/C21H24N4OS2/c1-16-5-3-6-18(17(16)2)25-13-12-24(21(25)27)15-22-8-10-23(11-9-22)20(26)19-7-4-14-28-19/h3-7,12-14H,8-11,15H2,1-2H3/p+1. The van der Waals surface area contributed by atoms with Crippen LogP contribution in [-0.2, 0) is 6.67 Å².